The fourth-order valence-electron chi connectivity index (χ4n) is 6.96. The number of hydrogen-bond donors (Lipinski definition) is 0. The van der Waals surface area contributed by atoms with Gasteiger partial charge in [0.15, 0.2) is 6.10 Å². The maximum atomic E-state index is 12.7. The van der Waals surface area contributed by atoms with Crippen LogP contribution in [0.1, 0.15) is 258 Å². The summed E-state index contributed by atoms with van der Waals surface area (Å²) < 4.78 is 16.7. The second-order valence-electron chi connectivity index (χ2n) is 16.4. The minimum absolute atomic E-state index is 0.0788. The Hall–Kier alpha value is -2.11. The van der Waals surface area contributed by atoms with Gasteiger partial charge in [0.05, 0.1) is 0 Å². The molecule has 0 saturated heterocycles. The van der Waals surface area contributed by atoms with Gasteiger partial charge < -0.3 is 14.2 Å². The lowest BCUT2D eigenvalue weighted by molar-refractivity contribution is -0.167. The summed E-state index contributed by atoms with van der Waals surface area (Å²) in [6, 6.07) is 0. The molecule has 1 atom stereocenters. The third-order valence-corrected chi connectivity index (χ3v) is 10.7. The molecule has 0 heterocycles. The van der Waals surface area contributed by atoms with Gasteiger partial charge in [-0.05, 0) is 70.6 Å². The van der Waals surface area contributed by atoms with Gasteiger partial charge in [-0.15, -0.1) is 0 Å². The van der Waals surface area contributed by atoms with Crippen LogP contribution in [0.2, 0.25) is 0 Å². The van der Waals surface area contributed by atoms with Gasteiger partial charge in [-0.3, -0.25) is 14.4 Å². The average Bonchev–Trinajstić information content (AvgIpc) is 3.19. The molecular weight excluding hydrogens is 697 g/mol. The van der Waals surface area contributed by atoms with E-state index < -0.39 is 6.10 Å². The number of carbonyl (C=O) groups is 3. The van der Waals surface area contributed by atoms with Crippen LogP contribution in [0.15, 0.2) is 24.3 Å². The molecule has 328 valence electrons. The van der Waals surface area contributed by atoms with Gasteiger partial charge in [-0.1, -0.05) is 193 Å². The highest BCUT2D eigenvalue weighted by molar-refractivity contribution is 5.71. The lowest BCUT2D eigenvalue weighted by Gasteiger charge is -2.18. The lowest BCUT2D eigenvalue weighted by Crippen LogP contribution is -2.30. The molecule has 0 rings (SSSR count). The molecule has 0 spiro atoms. The maximum Gasteiger partial charge on any atom is 0.306 e. The fraction of sp³-hybridized carbons (Fsp3) is 0.860. The first-order chi connectivity index (χ1) is 27.5. The molecule has 0 aromatic rings. The molecule has 0 aromatic heterocycles. The van der Waals surface area contributed by atoms with Crippen molar-refractivity contribution in [1.29, 1.82) is 0 Å². The average molecular weight is 789 g/mol. The van der Waals surface area contributed by atoms with Crippen LogP contribution in [-0.2, 0) is 28.6 Å². The first kappa shape index (κ1) is 53.9. The van der Waals surface area contributed by atoms with E-state index in [1.165, 1.54) is 135 Å². The van der Waals surface area contributed by atoms with E-state index in [0.29, 0.717) is 19.3 Å². The summed E-state index contributed by atoms with van der Waals surface area (Å²) in [6.07, 6.45) is 50.1. The standard InChI is InChI=1S/C50H92O6/c1-4-7-10-13-16-19-22-25-28-31-34-37-40-43-49(52)55-46-47(45-54-48(51)42-39-36-33-30-27-24-21-18-15-12-9-6-3)56-50(53)44-41-38-35-32-29-26-23-20-17-14-11-8-5-2/h25-26,28-29,47H,4-24,27,30-46H2,1-3H3/b28-25-,29-26-. The largest absolute Gasteiger partial charge is 0.462 e. The van der Waals surface area contributed by atoms with Crippen LogP contribution in [0.25, 0.3) is 0 Å². The molecule has 0 N–H and O–H groups in total. The van der Waals surface area contributed by atoms with Crippen LogP contribution in [0, 0.1) is 0 Å². The summed E-state index contributed by atoms with van der Waals surface area (Å²) in [7, 11) is 0. The van der Waals surface area contributed by atoms with Crippen molar-refractivity contribution >= 4 is 17.9 Å². The highest BCUT2D eigenvalue weighted by atomic mass is 16.6. The highest BCUT2D eigenvalue weighted by Crippen LogP contribution is 2.14. The Morgan fingerprint density at radius 2 is 0.589 bits per heavy atom. The van der Waals surface area contributed by atoms with Crippen LogP contribution >= 0.6 is 0 Å². The Labute approximate surface area is 347 Å². The van der Waals surface area contributed by atoms with Gasteiger partial charge in [0.25, 0.3) is 0 Å². The van der Waals surface area contributed by atoms with Crippen LogP contribution in [0.3, 0.4) is 0 Å². The summed E-state index contributed by atoms with van der Waals surface area (Å²) in [4.78, 5) is 37.8. The van der Waals surface area contributed by atoms with Crippen LogP contribution in [-0.4, -0.2) is 37.2 Å². The first-order valence-electron chi connectivity index (χ1n) is 24.3. The van der Waals surface area contributed by atoms with Crippen molar-refractivity contribution in [3.8, 4) is 0 Å². The van der Waals surface area contributed by atoms with Gasteiger partial charge in [-0.25, -0.2) is 0 Å². The van der Waals surface area contributed by atoms with Gasteiger partial charge in [0, 0.05) is 19.3 Å². The Balaban J connectivity index is 4.39. The quantitative estimate of drug-likeness (QED) is 0.0265. The monoisotopic (exact) mass is 789 g/mol. The molecule has 6 nitrogen and oxygen atoms in total. The normalized spacial score (nSPS) is 12.1. The third kappa shape index (κ3) is 43.0. The zero-order chi connectivity index (χ0) is 40.8. The second kappa shape index (κ2) is 45.6. The Morgan fingerprint density at radius 1 is 0.339 bits per heavy atom. The van der Waals surface area contributed by atoms with Crippen molar-refractivity contribution in [3.05, 3.63) is 24.3 Å². The highest BCUT2D eigenvalue weighted by Gasteiger charge is 2.19. The van der Waals surface area contributed by atoms with Crippen LogP contribution in [0.5, 0.6) is 0 Å². The Morgan fingerprint density at radius 3 is 0.911 bits per heavy atom. The van der Waals surface area contributed by atoms with Crippen LogP contribution in [0.4, 0.5) is 0 Å². The summed E-state index contributed by atoms with van der Waals surface area (Å²) >= 11 is 0. The van der Waals surface area contributed by atoms with E-state index >= 15 is 0 Å². The van der Waals surface area contributed by atoms with Gasteiger partial charge >= 0.3 is 17.9 Å². The van der Waals surface area contributed by atoms with Crippen molar-refractivity contribution in [2.75, 3.05) is 13.2 Å². The summed E-state index contributed by atoms with van der Waals surface area (Å²) in [5, 5.41) is 0. The summed E-state index contributed by atoms with van der Waals surface area (Å²) in [5.74, 6) is -0.904. The number of unbranched alkanes of at least 4 members (excludes halogenated alkanes) is 29. The molecule has 6 heteroatoms. The molecule has 0 aliphatic heterocycles. The minimum Gasteiger partial charge on any atom is -0.462 e. The predicted octanol–water partition coefficient (Wildman–Crippen LogP) is 15.6. The van der Waals surface area contributed by atoms with Crippen molar-refractivity contribution in [1.82, 2.24) is 0 Å². The van der Waals surface area contributed by atoms with E-state index in [4.69, 9.17) is 14.2 Å². The summed E-state index contributed by atoms with van der Waals surface area (Å²) in [5.41, 5.74) is 0. The molecule has 0 fully saturated rings. The lowest BCUT2D eigenvalue weighted by atomic mass is 10.0. The van der Waals surface area contributed by atoms with E-state index in [1.807, 2.05) is 0 Å². The fourth-order valence-corrected chi connectivity index (χ4v) is 6.96. The zero-order valence-corrected chi connectivity index (χ0v) is 37.4. The van der Waals surface area contributed by atoms with Gasteiger partial charge in [0.2, 0.25) is 0 Å². The smallest absolute Gasteiger partial charge is 0.306 e. The van der Waals surface area contributed by atoms with Crippen molar-refractivity contribution < 1.29 is 28.6 Å². The topological polar surface area (TPSA) is 78.9 Å². The van der Waals surface area contributed by atoms with E-state index in [0.717, 1.165) is 83.5 Å². The number of carbonyl (C=O) groups excluding carboxylic acids is 3. The third-order valence-electron chi connectivity index (χ3n) is 10.7. The second-order valence-corrected chi connectivity index (χ2v) is 16.4. The minimum atomic E-state index is -0.779. The summed E-state index contributed by atoms with van der Waals surface area (Å²) in [6.45, 7) is 6.60. The molecule has 1 unspecified atom stereocenters. The Bertz CT molecular complexity index is 911. The van der Waals surface area contributed by atoms with Crippen molar-refractivity contribution in [2.45, 2.75) is 264 Å². The number of rotatable bonds is 44. The van der Waals surface area contributed by atoms with E-state index in [1.54, 1.807) is 0 Å². The van der Waals surface area contributed by atoms with Crippen LogP contribution < -0.4 is 0 Å². The number of ether oxygens (including phenoxy) is 3. The van der Waals surface area contributed by atoms with E-state index in [-0.39, 0.29) is 31.1 Å². The molecule has 56 heavy (non-hydrogen) atoms. The molecule has 0 aliphatic carbocycles. The molecule has 0 aromatic carbocycles. The first-order valence-corrected chi connectivity index (χ1v) is 24.3. The predicted molar refractivity (Wildman–Crippen MR) is 238 cm³/mol. The van der Waals surface area contributed by atoms with Gasteiger partial charge in [0.1, 0.15) is 13.2 Å². The van der Waals surface area contributed by atoms with Crippen molar-refractivity contribution in [3.63, 3.8) is 0 Å². The van der Waals surface area contributed by atoms with E-state index in [9.17, 15) is 14.4 Å². The number of hydrogen-bond acceptors (Lipinski definition) is 6. The SMILES string of the molecule is CCCCCCCC/C=C\CCCCCC(=O)OCC(COC(=O)CCCCCCCCCCCCCC)OC(=O)CCCCC/C=C\CCCCCCCC. The molecule has 0 amide bonds. The number of allylic oxidation sites excluding steroid dienone is 4. The Kier molecular flexibility index (Phi) is 43.9. The zero-order valence-electron chi connectivity index (χ0n) is 37.4. The molecular formula is C50H92O6. The molecule has 0 aliphatic rings. The molecule has 0 saturated carbocycles. The van der Waals surface area contributed by atoms with Gasteiger partial charge in [-0.2, -0.15) is 0 Å². The number of esters is 3. The maximum absolute atomic E-state index is 12.7. The molecule has 0 bridgehead atoms. The van der Waals surface area contributed by atoms with E-state index in [2.05, 4.69) is 45.1 Å². The molecule has 0 radical (unpaired) electrons. The van der Waals surface area contributed by atoms with Crippen molar-refractivity contribution in [2.24, 2.45) is 0 Å².